The molecule has 2 rings (SSSR count). The molecule has 0 bridgehead atoms. The van der Waals surface area contributed by atoms with Gasteiger partial charge >= 0.3 is 0 Å². The summed E-state index contributed by atoms with van der Waals surface area (Å²) in [6, 6.07) is 0. The molecule has 0 radical (unpaired) electrons. The minimum absolute atomic E-state index is 0.168. The molecule has 0 aliphatic carbocycles. The molecule has 6 heteroatoms. The van der Waals surface area contributed by atoms with Crippen molar-refractivity contribution in [3.05, 3.63) is 11.0 Å². The van der Waals surface area contributed by atoms with Gasteiger partial charge in [-0.15, -0.1) is 11.8 Å². The molecule has 5 nitrogen and oxygen atoms in total. The van der Waals surface area contributed by atoms with E-state index in [0.29, 0.717) is 11.3 Å². The van der Waals surface area contributed by atoms with E-state index in [4.69, 9.17) is 5.11 Å². The number of rotatable bonds is 5. The van der Waals surface area contributed by atoms with E-state index in [1.807, 2.05) is 17.2 Å². The number of amides is 2. The van der Waals surface area contributed by atoms with Gasteiger partial charge < -0.3 is 14.9 Å². The van der Waals surface area contributed by atoms with E-state index in [1.54, 1.807) is 16.7 Å². The lowest BCUT2D eigenvalue weighted by molar-refractivity contribution is -0.135. The molecule has 2 fully saturated rings. The third-order valence-electron chi connectivity index (χ3n) is 5.66. The summed E-state index contributed by atoms with van der Waals surface area (Å²) in [7, 11) is 0. The van der Waals surface area contributed by atoms with Gasteiger partial charge in [0.15, 0.2) is 0 Å². The van der Waals surface area contributed by atoms with E-state index >= 15 is 0 Å². The number of nitrogens with zero attached hydrogens (tertiary/aromatic N) is 2. The van der Waals surface area contributed by atoms with E-state index in [1.165, 1.54) is 6.42 Å². The zero-order chi connectivity index (χ0) is 19.2. The number of hydrogen-bond donors (Lipinski definition) is 1. The Morgan fingerprint density at radius 3 is 2.46 bits per heavy atom. The molecular formula is C20H34N2O3S. The Bertz CT molecular complexity index is 525. The summed E-state index contributed by atoms with van der Waals surface area (Å²) >= 11 is 1.72. The van der Waals surface area contributed by atoms with Crippen molar-refractivity contribution in [1.82, 2.24) is 9.80 Å². The monoisotopic (exact) mass is 382 g/mol. The lowest BCUT2D eigenvalue weighted by Gasteiger charge is -2.31. The molecule has 0 aromatic heterocycles. The Labute approximate surface area is 162 Å². The maximum absolute atomic E-state index is 12.7. The summed E-state index contributed by atoms with van der Waals surface area (Å²) in [5, 5.41) is 10.9. The van der Waals surface area contributed by atoms with Crippen LogP contribution >= 0.6 is 11.8 Å². The first-order valence-electron chi connectivity index (χ1n) is 9.79. The van der Waals surface area contributed by atoms with Gasteiger partial charge in [-0.1, -0.05) is 13.8 Å². The molecular weight excluding hydrogens is 348 g/mol. The highest BCUT2D eigenvalue weighted by Crippen LogP contribution is 2.30. The largest absolute Gasteiger partial charge is 0.387 e. The Balaban J connectivity index is 1.74. The molecule has 0 aromatic carbocycles. The number of carbonyl (C=O) groups excluding carboxylic acids is 2. The number of likely N-dealkylation sites (tertiary alicyclic amines) is 2. The molecule has 0 saturated carbocycles. The predicted molar refractivity (Wildman–Crippen MR) is 107 cm³/mol. The normalized spacial score (nSPS) is 22.2. The standard InChI is InChI=1S/C20H34N2O3S/c1-16(19(25)22-9-4-7-20(2,3)8-12-22)14-26-15-17-5-10-21(11-6-17)18(24)13-23/h14,17,23H,4-13,15H2,1-3H3/b16-14+. The topological polar surface area (TPSA) is 60.9 Å². The van der Waals surface area contributed by atoms with Crippen molar-refractivity contribution in [3.63, 3.8) is 0 Å². The zero-order valence-electron chi connectivity index (χ0n) is 16.5. The summed E-state index contributed by atoms with van der Waals surface area (Å²) in [4.78, 5) is 27.9. The van der Waals surface area contributed by atoms with E-state index in [9.17, 15) is 9.59 Å². The van der Waals surface area contributed by atoms with Crippen molar-refractivity contribution in [1.29, 1.82) is 0 Å². The third kappa shape index (κ3) is 6.31. The number of aliphatic hydroxyl groups is 1. The molecule has 0 spiro atoms. The van der Waals surface area contributed by atoms with Crippen LogP contribution in [0.3, 0.4) is 0 Å². The quantitative estimate of drug-likeness (QED) is 0.743. The molecule has 2 saturated heterocycles. The highest BCUT2D eigenvalue weighted by atomic mass is 32.2. The van der Waals surface area contributed by atoms with Gasteiger partial charge in [-0.25, -0.2) is 0 Å². The average molecular weight is 383 g/mol. The number of carbonyl (C=O) groups is 2. The Kier molecular flexibility index (Phi) is 8.02. The van der Waals surface area contributed by atoms with Crippen LogP contribution in [0.5, 0.6) is 0 Å². The molecule has 2 aliphatic heterocycles. The Hall–Kier alpha value is -1.01. The highest BCUT2D eigenvalue weighted by molar-refractivity contribution is 8.02. The summed E-state index contributed by atoms with van der Waals surface area (Å²) < 4.78 is 0. The van der Waals surface area contributed by atoms with Crippen LogP contribution in [0, 0.1) is 11.3 Å². The van der Waals surface area contributed by atoms with Crippen molar-refractivity contribution in [3.8, 4) is 0 Å². The molecule has 2 amide bonds. The molecule has 0 aromatic rings. The first kappa shape index (κ1) is 21.3. The van der Waals surface area contributed by atoms with Gasteiger partial charge in [0.2, 0.25) is 11.8 Å². The van der Waals surface area contributed by atoms with Crippen LogP contribution in [-0.2, 0) is 9.59 Å². The molecule has 148 valence electrons. The van der Waals surface area contributed by atoms with Gasteiger partial charge in [0.05, 0.1) is 0 Å². The number of aliphatic hydroxyl groups excluding tert-OH is 1. The molecule has 0 unspecified atom stereocenters. The van der Waals surface area contributed by atoms with Crippen molar-refractivity contribution < 1.29 is 14.7 Å². The van der Waals surface area contributed by atoms with Gasteiger partial charge in [0, 0.05) is 37.5 Å². The average Bonchev–Trinajstić information content (AvgIpc) is 2.81. The fourth-order valence-electron chi connectivity index (χ4n) is 3.68. The van der Waals surface area contributed by atoms with Crippen molar-refractivity contribution in [2.75, 3.05) is 38.5 Å². The molecule has 26 heavy (non-hydrogen) atoms. The van der Waals surface area contributed by atoms with Crippen LogP contribution in [0.2, 0.25) is 0 Å². The molecule has 1 N–H and O–H groups in total. The van der Waals surface area contributed by atoms with Crippen LogP contribution in [0.1, 0.15) is 52.9 Å². The maximum Gasteiger partial charge on any atom is 0.250 e. The fraction of sp³-hybridized carbons (Fsp3) is 0.800. The van der Waals surface area contributed by atoms with Crippen molar-refractivity contribution >= 4 is 23.6 Å². The second-order valence-electron chi connectivity index (χ2n) is 8.43. The predicted octanol–water partition coefficient (Wildman–Crippen LogP) is 2.89. The minimum atomic E-state index is -0.392. The van der Waals surface area contributed by atoms with Crippen molar-refractivity contribution in [2.45, 2.75) is 52.9 Å². The van der Waals surface area contributed by atoms with E-state index in [0.717, 1.165) is 63.2 Å². The highest BCUT2D eigenvalue weighted by Gasteiger charge is 2.26. The van der Waals surface area contributed by atoms with Gasteiger partial charge in [0.25, 0.3) is 0 Å². The second-order valence-corrected chi connectivity index (χ2v) is 9.33. The van der Waals surface area contributed by atoms with Gasteiger partial charge in [-0.3, -0.25) is 9.59 Å². The molecule has 0 atom stereocenters. The first-order chi connectivity index (χ1) is 12.3. The van der Waals surface area contributed by atoms with Crippen LogP contribution < -0.4 is 0 Å². The van der Waals surface area contributed by atoms with Gasteiger partial charge in [-0.05, 0) is 55.8 Å². The fourth-order valence-corrected chi connectivity index (χ4v) is 4.74. The first-order valence-corrected chi connectivity index (χ1v) is 10.8. The Morgan fingerprint density at radius 1 is 1.12 bits per heavy atom. The summed E-state index contributed by atoms with van der Waals surface area (Å²) in [6.45, 7) is 9.31. The lowest BCUT2D eigenvalue weighted by atomic mass is 9.85. The maximum atomic E-state index is 12.7. The van der Waals surface area contributed by atoms with Crippen LogP contribution in [0.15, 0.2) is 11.0 Å². The van der Waals surface area contributed by atoms with E-state index < -0.39 is 6.61 Å². The van der Waals surface area contributed by atoms with Crippen LogP contribution in [0.25, 0.3) is 0 Å². The Morgan fingerprint density at radius 2 is 1.81 bits per heavy atom. The number of thioether (sulfide) groups is 1. The van der Waals surface area contributed by atoms with Crippen molar-refractivity contribution in [2.24, 2.45) is 11.3 Å². The summed E-state index contributed by atoms with van der Waals surface area (Å²) in [5.74, 6) is 1.57. The molecule has 2 heterocycles. The van der Waals surface area contributed by atoms with Gasteiger partial charge in [0.1, 0.15) is 6.61 Å². The molecule has 2 aliphatic rings. The smallest absolute Gasteiger partial charge is 0.250 e. The number of hydrogen-bond acceptors (Lipinski definition) is 4. The summed E-state index contributed by atoms with van der Waals surface area (Å²) in [5.41, 5.74) is 1.18. The van der Waals surface area contributed by atoms with Crippen LogP contribution in [-0.4, -0.2) is 65.3 Å². The van der Waals surface area contributed by atoms with E-state index in [2.05, 4.69) is 13.8 Å². The van der Waals surface area contributed by atoms with Crippen LogP contribution in [0.4, 0.5) is 0 Å². The zero-order valence-corrected chi connectivity index (χ0v) is 17.3. The third-order valence-corrected chi connectivity index (χ3v) is 6.84. The van der Waals surface area contributed by atoms with E-state index in [-0.39, 0.29) is 11.8 Å². The lowest BCUT2D eigenvalue weighted by Crippen LogP contribution is -2.40. The number of piperidine rings is 1. The van der Waals surface area contributed by atoms with Gasteiger partial charge in [-0.2, -0.15) is 0 Å². The SMILES string of the molecule is C/C(=C\SCC1CCN(C(=O)CO)CC1)C(=O)N1CCCC(C)(C)CC1. The second kappa shape index (κ2) is 9.79. The summed E-state index contributed by atoms with van der Waals surface area (Å²) in [6.07, 6.45) is 5.29. The minimum Gasteiger partial charge on any atom is -0.387 e.